The summed E-state index contributed by atoms with van der Waals surface area (Å²) in [6.07, 6.45) is 3.80. The quantitative estimate of drug-likeness (QED) is 0.876. The van der Waals surface area contributed by atoms with E-state index in [1.165, 1.54) is 0 Å². The SMILES string of the molecule is C=Cn1cc(CNC(=O)OC(C)(C)C)nc1CC(C)OC. The maximum atomic E-state index is 11.6. The summed E-state index contributed by atoms with van der Waals surface area (Å²) in [4.78, 5) is 16.1. The number of hydrogen-bond donors (Lipinski definition) is 1. The van der Waals surface area contributed by atoms with Crippen LogP contribution >= 0.6 is 0 Å². The Morgan fingerprint density at radius 3 is 2.76 bits per heavy atom. The van der Waals surface area contributed by atoms with Gasteiger partial charge in [0, 0.05) is 25.9 Å². The highest BCUT2D eigenvalue weighted by Gasteiger charge is 2.16. The zero-order valence-corrected chi connectivity index (χ0v) is 13.5. The van der Waals surface area contributed by atoms with Crippen molar-refractivity contribution in [3.63, 3.8) is 0 Å². The van der Waals surface area contributed by atoms with Crippen molar-refractivity contribution in [1.29, 1.82) is 0 Å². The van der Waals surface area contributed by atoms with Gasteiger partial charge in [-0.15, -0.1) is 0 Å². The van der Waals surface area contributed by atoms with E-state index < -0.39 is 11.7 Å². The number of ether oxygens (including phenoxy) is 2. The molecule has 1 aromatic rings. The number of imidazole rings is 1. The maximum Gasteiger partial charge on any atom is 0.407 e. The highest BCUT2D eigenvalue weighted by Crippen LogP contribution is 2.09. The molecule has 1 heterocycles. The molecule has 1 N–H and O–H groups in total. The van der Waals surface area contributed by atoms with Crippen LogP contribution in [0.1, 0.15) is 39.2 Å². The molecule has 0 saturated heterocycles. The summed E-state index contributed by atoms with van der Waals surface area (Å²) in [5, 5.41) is 2.68. The molecule has 0 aliphatic heterocycles. The van der Waals surface area contributed by atoms with E-state index >= 15 is 0 Å². The van der Waals surface area contributed by atoms with Gasteiger partial charge in [-0.05, 0) is 27.7 Å². The molecule has 1 unspecified atom stereocenters. The number of alkyl carbamates (subject to hydrolysis) is 1. The van der Waals surface area contributed by atoms with Gasteiger partial charge < -0.3 is 19.4 Å². The molecule has 21 heavy (non-hydrogen) atoms. The lowest BCUT2D eigenvalue weighted by Crippen LogP contribution is -2.32. The Hall–Kier alpha value is -1.82. The minimum atomic E-state index is -0.510. The molecular weight excluding hydrogens is 270 g/mol. The summed E-state index contributed by atoms with van der Waals surface area (Å²) in [5.41, 5.74) is 0.239. The fourth-order valence-electron chi connectivity index (χ4n) is 1.70. The predicted molar refractivity (Wildman–Crippen MR) is 81.9 cm³/mol. The molecule has 0 aromatic carbocycles. The third-order valence-corrected chi connectivity index (χ3v) is 2.74. The van der Waals surface area contributed by atoms with Crippen LogP contribution in [-0.2, 0) is 22.4 Å². The van der Waals surface area contributed by atoms with Crippen LogP contribution in [-0.4, -0.2) is 34.5 Å². The minimum absolute atomic E-state index is 0.0674. The zero-order chi connectivity index (χ0) is 16.0. The van der Waals surface area contributed by atoms with Crippen molar-refractivity contribution < 1.29 is 14.3 Å². The molecule has 0 radical (unpaired) electrons. The van der Waals surface area contributed by atoms with Crippen LogP contribution in [0.4, 0.5) is 4.79 Å². The molecule has 6 nitrogen and oxygen atoms in total. The molecule has 0 bridgehead atoms. The van der Waals surface area contributed by atoms with Crippen LogP contribution in [0.3, 0.4) is 0 Å². The summed E-state index contributed by atoms with van der Waals surface area (Å²) in [5.74, 6) is 0.848. The highest BCUT2D eigenvalue weighted by atomic mass is 16.6. The molecule has 6 heteroatoms. The van der Waals surface area contributed by atoms with Crippen LogP contribution in [0.5, 0.6) is 0 Å². The van der Waals surface area contributed by atoms with Crippen molar-refractivity contribution in [2.45, 2.75) is 52.4 Å². The van der Waals surface area contributed by atoms with E-state index in [0.717, 1.165) is 11.5 Å². The molecule has 1 amide bonds. The first-order chi connectivity index (χ1) is 9.75. The van der Waals surface area contributed by atoms with Crippen molar-refractivity contribution in [2.75, 3.05) is 7.11 Å². The number of carbonyl (C=O) groups is 1. The largest absolute Gasteiger partial charge is 0.444 e. The second-order valence-electron chi connectivity index (χ2n) is 5.84. The van der Waals surface area contributed by atoms with E-state index in [-0.39, 0.29) is 6.10 Å². The highest BCUT2D eigenvalue weighted by molar-refractivity contribution is 5.67. The zero-order valence-electron chi connectivity index (χ0n) is 13.5. The molecule has 0 saturated carbocycles. The summed E-state index contributed by atoms with van der Waals surface area (Å²) in [7, 11) is 1.66. The van der Waals surface area contributed by atoms with Gasteiger partial charge in [0.1, 0.15) is 11.4 Å². The van der Waals surface area contributed by atoms with E-state index in [1.807, 2.05) is 38.5 Å². The number of nitrogens with one attached hydrogen (secondary N) is 1. The smallest absolute Gasteiger partial charge is 0.407 e. The van der Waals surface area contributed by atoms with E-state index in [1.54, 1.807) is 13.3 Å². The minimum Gasteiger partial charge on any atom is -0.444 e. The molecule has 0 fully saturated rings. The average Bonchev–Trinajstić information content (AvgIpc) is 2.76. The van der Waals surface area contributed by atoms with Crippen LogP contribution < -0.4 is 5.32 Å². The Morgan fingerprint density at radius 1 is 1.57 bits per heavy atom. The summed E-state index contributed by atoms with van der Waals surface area (Å²) in [6.45, 7) is 11.5. The molecule has 1 rings (SSSR count). The van der Waals surface area contributed by atoms with Crippen molar-refractivity contribution in [1.82, 2.24) is 14.9 Å². The number of carbonyl (C=O) groups excluding carboxylic acids is 1. The van der Waals surface area contributed by atoms with E-state index in [0.29, 0.717) is 13.0 Å². The Bertz CT molecular complexity index is 489. The first-order valence-corrected chi connectivity index (χ1v) is 6.94. The number of amides is 1. The Kier molecular flexibility index (Phi) is 5.96. The standard InChI is InChI=1S/C15H25N3O3/c1-7-18-10-12(17-13(18)8-11(2)20-6)9-16-14(19)21-15(3,4)5/h7,10-11H,1,8-9H2,2-6H3,(H,16,19). The van der Waals surface area contributed by atoms with Gasteiger partial charge in [0.2, 0.25) is 0 Å². The van der Waals surface area contributed by atoms with E-state index in [2.05, 4.69) is 16.9 Å². The van der Waals surface area contributed by atoms with Crippen molar-refractivity contribution in [3.05, 3.63) is 24.3 Å². The molecule has 0 aliphatic carbocycles. The lowest BCUT2D eigenvalue weighted by Gasteiger charge is -2.19. The molecule has 0 spiro atoms. The number of nitrogens with zero attached hydrogens (tertiary/aromatic N) is 2. The number of hydrogen-bond acceptors (Lipinski definition) is 4. The average molecular weight is 295 g/mol. The normalized spacial score (nSPS) is 12.8. The van der Waals surface area contributed by atoms with Gasteiger partial charge in [0.25, 0.3) is 0 Å². The van der Waals surface area contributed by atoms with Gasteiger partial charge in [0.15, 0.2) is 0 Å². The van der Waals surface area contributed by atoms with Crippen LogP contribution in [0.25, 0.3) is 6.20 Å². The van der Waals surface area contributed by atoms with Crippen molar-refractivity contribution >= 4 is 12.3 Å². The summed E-state index contributed by atoms with van der Waals surface area (Å²) in [6, 6.07) is 0. The molecule has 1 aromatic heterocycles. The Labute approximate surface area is 126 Å². The summed E-state index contributed by atoms with van der Waals surface area (Å²) < 4.78 is 12.3. The number of aromatic nitrogens is 2. The lowest BCUT2D eigenvalue weighted by molar-refractivity contribution is 0.0523. The molecule has 1 atom stereocenters. The van der Waals surface area contributed by atoms with Crippen molar-refractivity contribution in [2.24, 2.45) is 0 Å². The lowest BCUT2D eigenvalue weighted by atomic mass is 10.2. The van der Waals surface area contributed by atoms with E-state index in [4.69, 9.17) is 9.47 Å². The second-order valence-corrected chi connectivity index (χ2v) is 5.84. The third-order valence-electron chi connectivity index (χ3n) is 2.74. The fraction of sp³-hybridized carbons (Fsp3) is 0.600. The monoisotopic (exact) mass is 295 g/mol. The van der Waals surface area contributed by atoms with Gasteiger partial charge in [-0.25, -0.2) is 9.78 Å². The van der Waals surface area contributed by atoms with Gasteiger partial charge in [-0.2, -0.15) is 0 Å². The van der Waals surface area contributed by atoms with Gasteiger partial charge in [-0.3, -0.25) is 0 Å². The van der Waals surface area contributed by atoms with Crippen LogP contribution in [0.15, 0.2) is 12.8 Å². The van der Waals surface area contributed by atoms with Gasteiger partial charge >= 0.3 is 6.09 Å². The number of rotatable bonds is 6. The Morgan fingerprint density at radius 2 is 2.24 bits per heavy atom. The summed E-state index contributed by atoms with van der Waals surface area (Å²) >= 11 is 0. The van der Waals surface area contributed by atoms with Gasteiger partial charge in [0.05, 0.1) is 18.3 Å². The van der Waals surface area contributed by atoms with Crippen molar-refractivity contribution in [3.8, 4) is 0 Å². The molecule has 118 valence electrons. The predicted octanol–water partition coefficient (Wildman–Crippen LogP) is 2.59. The molecule has 0 aliphatic rings. The van der Waals surface area contributed by atoms with E-state index in [9.17, 15) is 4.79 Å². The van der Waals surface area contributed by atoms with Crippen LogP contribution in [0.2, 0.25) is 0 Å². The number of methoxy groups -OCH3 is 1. The first-order valence-electron chi connectivity index (χ1n) is 6.94. The van der Waals surface area contributed by atoms with Gasteiger partial charge in [-0.1, -0.05) is 6.58 Å². The van der Waals surface area contributed by atoms with Crippen LogP contribution in [0, 0.1) is 0 Å². The maximum absolute atomic E-state index is 11.6. The Balaban J connectivity index is 2.64. The third kappa shape index (κ3) is 5.99. The topological polar surface area (TPSA) is 65.4 Å². The second kappa shape index (κ2) is 7.26. The molecular formula is C15H25N3O3. The first kappa shape index (κ1) is 17.2. The fourth-order valence-corrected chi connectivity index (χ4v) is 1.70.